The smallest absolute Gasteiger partial charge is 0.317 e. The van der Waals surface area contributed by atoms with Crippen molar-refractivity contribution in [2.24, 2.45) is 0 Å². The van der Waals surface area contributed by atoms with E-state index in [0.717, 1.165) is 10.9 Å². The van der Waals surface area contributed by atoms with Crippen LogP contribution in [0.3, 0.4) is 0 Å². The highest BCUT2D eigenvalue weighted by Gasteiger charge is 2.15. The lowest BCUT2D eigenvalue weighted by molar-refractivity contribution is -0.138. The van der Waals surface area contributed by atoms with Gasteiger partial charge in [0.05, 0.1) is 6.54 Å². The molecule has 0 spiro atoms. The van der Waals surface area contributed by atoms with Gasteiger partial charge in [0.1, 0.15) is 0 Å². The molecule has 0 radical (unpaired) electrons. The van der Waals surface area contributed by atoms with E-state index in [9.17, 15) is 4.79 Å². The van der Waals surface area contributed by atoms with Gasteiger partial charge >= 0.3 is 5.97 Å². The van der Waals surface area contributed by atoms with E-state index in [1.165, 1.54) is 0 Å². The molecule has 0 fully saturated rings. The number of rotatable bonds is 6. The monoisotopic (exact) mass is 249 g/mol. The predicted octanol–water partition coefficient (Wildman–Crippen LogP) is 2.08. The van der Waals surface area contributed by atoms with Crippen molar-refractivity contribution < 1.29 is 9.90 Å². The Morgan fingerprint density at radius 3 is 2.46 bits per heavy atom. The maximum atomic E-state index is 10.5. The Morgan fingerprint density at radius 2 is 2.15 bits per heavy atom. The first-order chi connectivity index (χ1) is 5.97. The highest BCUT2D eigenvalue weighted by molar-refractivity contribution is 9.11. The van der Waals surface area contributed by atoms with Crippen molar-refractivity contribution in [3.8, 4) is 0 Å². The van der Waals surface area contributed by atoms with Gasteiger partial charge in [0.25, 0.3) is 0 Å². The molecule has 0 bridgehead atoms. The van der Waals surface area contributed by atoms with Gasteiger partial charge in [-0.1, -0.05) is 29.4 Å². The fraction of sp³-hybridized carbons (Fsp3) is 0.667. The molecule has 3 nitrogen and oxygen atoms in total. The molecule has 0 rings (SSSR count). The van der Waals surface area contributed by atoms with Crippen LogP contribution in [0.15, 0.2) is 11.1 Å². The van der Waals surface area contributed by atoms with Gasteiger partial charge in [0.2, 0.25) is 0 Å². The molecule has 76 valence electrons. The number of carbonyl (C=O) groups is 1. The Hall–Kier alpha value is -0.350. The first-order valence-electron chi connectivity index (χ1n) is 4.26. The molecule has 0 aromatic carbocycles. The second kappa shape index (κ2) is 6.16. The van der Waals surface area contributed by atoms with Crippen LogP contribution in [0.4, 0.5) is 0 Å². The van der Waals surface area contributed by atoms with Crippen LogP contribution in [-0.2, 0) is 4.79 Å². The average Bonchev–Trinajstić information content (AvgIpc) is 2.00. The van der Waals surface area contributed by atoms with Gasteiger partial charge in [-0.25, -0.2) is 0 Å². The van der Waals surface area contributed by atoms with Crippen LogP contribution < -0.4 is 0 Å². The van der Waals surface area contributed by atoms with Gasteiger partial charge in [-0.05, 0) is 13.3 Å². The van der Waals surface area contributed by atoms with Crippen LogP contribution in [0.1, 0.15) is 20.3 Å². The van der Waals surface area contributed by atoms with E-state index in [4.69, 9.17) is 5.11 Å². The van der Waals surface area contributed by atoms with E-state index in [0.29, 0.717) is 6.54 Å². The van der Waals surface area contributed by atoms with Crippen LogP contribution >= 0.6 is 15.9 Å². The number of hydrogen-bond donors (Lipinski definition) is 1. The van der Waals surface area contributed by atoms with E-state index in [-0.39, 0.29) is 12.6 Å². The van der Waals surface area contributed by atoms with E-state index < -0.39 is 5.97 Å². The molecule has 0 aromatic heterocycles. The van der Waals surface area contributed by atoms with Crippen molar-refractivity contribution >= 4 is 21.9 Å². The van der Waals surface area contributed by atoms with Crippen LogP contribution in [0, 0.1) is 0 Å². The summed E-state index contributed by atoms with van der Waals surface area (Å²) in [5.74, 6) is -0.797. The molecule has 1 N–H and O–H groups in total. The Kier molecular flexibility index (Phi) is 5.99. The maximum Gasteiger partial charge on any atom is 0.317 e. The average molecular weight is 250 g/mol. The van der Waals surface area contributed by atoms with Crippen LogP contribution in [-0.4, -0.2) is 35.1 Å². The van der Waals surface area contributed by atoms with Gasteiger partial charge in [-0.15, -0.1) is 0 Å². The molecule has 0 saturated carbocycles. The van der Waals surface area contributed by atoms with E-state index in [1.807, 2.05) is 18.7 Å². The molecule has 13 heavy (non-hydrogen) atoms. The maximum absolute atomic E-state index is 10.5. The minimum Gasteiger partial charge on any atom is -0.480 e. The standard InChI is InChI=1S/C9H16BrNO2/c1-4-8(3)11(5-7(2)10)6-9(12)13/h8H,2,4-6H2,1,3H3,(H,12,13). The normalized spacial score (nSPS) is 12.9. The lowest BCUT2D eigenvalue weighted by atomic mass is 10.2. The third kappa shape index (κ3) is 5.82. The summed E-state index contributed by atoms with van der Waals surface area (Å²) in [5.41, 5.74) is 0. The first kappa shape index (κ1) is 12.7. The molecule has 0 saturated heterocycles. The largest absolute Gasteiger partial charge is 0.480 e. The summed E-state index contributed by atoms with van der Waals surface area (Å²) in [6, 6.07) is 0.269. The van der Waals surface area contributed by atoms with Gasteiger partial charge in [0, 0.05) is 17.1 Å². The molecule has 0 aliphatic rings. The van der Waals surface area contributed by atoms with Crippen LogP contribution in [0.5, 0.6) is 0 Å². The van der Waals surface area contributed by atoms with E-state index in [2.05, 4.69) is 22.5 Å². The Balaban J connectivity index is 4.17. The molecule has 1 atom stereocenters. The lowest BCUT2D eigenvalue weighted by Crippen LogP contribution is -2.37. The van der Waals surface area contributed by atoms with Gasteiger partial charge < -0.3 is 5.11 Å². The Morgan fingerprint density at radius 1 is 1.62 bits per heavy atom. The Labute approximate surface area is 87.6 Å². The van der Waals surface area contributed by atoms with E-state index in [1.54, 1.807) is 0 Å². The van der Waals surface area contributed by atoms with Crippen LogP contribution in [0.2, 0.25) is 0 Å². The Bertz CT molecular complexity index is 178. The molecule has 0 aromatic rings. The number of carboxylic acid groups (broad SMARTS) is 1. The van der Waals surface area contributed by atoms with Gasteiger partial charge in [-0.2, -0.15) is 0 Å². The zero-order valence-corrected chi connectivity index (χ0v) is 9.67. The number of hydrogen-bond acceptors (Lipinski definition) is 2. The topological polar surface area (TPSA) is 40.5 Å². The molecule has 0 amide bonds. The number of aliphatic carboxylic acids is 1. The fourth-order valence-corrected chi connectivity index (χ4v) is 1.34. The van der Waals surface area contributed by atoms with Crippen molar-refractivity contribution in [3.05, 3.63) is 11.1 Å². The summed E-state index contributed by atoms with van der Waals surface area (Å²) < 4.78 is 0.814. The SMILES string of the molecule is C=C(Br)CN(CC(=O)O)C(C)CC. The highest BCUT2D eigenvalue weighted by atomic mass is 79.9. The van der Waals surface area contributed by atoms with Crippen molar-refractivity contribution in [3.63, 3.8) is 0 Å². The minimum absolute atomic E-state index is 0.0691. The van der Waals surface area contributed by atoms with Crippen molar-refractivity contribution in [1.29, 1.82) is 0 Å². The van der Waals surface area contributed by atoms with Crippen LogP contribution in [0.25, 0.3) is 0 Å². The minimum atomic E-state index is -0.797. The second-order valence-corrected chi connectivity index (χ2v) is 4.19. The summed E-state index contributed by atoms with van der Waals surface area (Å²) >= 11 is 3.23. The summed E-state index contributed by atoms with van der Waals surface area (Å²) in [7, 11) is 0. The van der Waals surface area contributed by atoms with Crippen molar-refractivity contribution in [1.82, 2.24) is 4.90 Å². The number of carboxylic acids is 1. The van der Waals surface area contributed by atoms with Gasteiger partial charge in [-0.3, -0.25) is 9.69 Å². The molecular formula is C9H16BrNO2. The summed E-state index contributed by atoms with van der Waals surface area (Å²) in [4.78, 5) is 12.4. The molecule has 4 heteroatoms. The van der Waals surface area contributed by atoms with Crippen molar-refractivity contribution in [2.75, 3.05) is 13.1 Å². The van der Waals surface area contributed by atoms with Crippen molar-refractivity contribution in [2.45, 2.75) is 26.3 Å². The first-order valence-corrected chi connectivity index (χ1v) is 5.05. The zero-order valence-electron chi connectivity index (χ0n) is 8.09. The van der Waals surface area contributed by atoms with E-state index >= 15 is 0 Å². The summed E-state index contributed by atoms with van der Waals surface area (Å²) in [6.07, 6.45) is 0.938. The third-order valence-electron chi connectivity index (χ3n) is 1.93. The highest BCUT2D eigenvalue weighted by Crippen LogP contribution is 2.09. The summed E-state index contributed by atoms with van der Waals surface area (Å²) in [6.45, 7) is 8.41. The predicted molar refractivity (Wildman–Crippen MR) is 57.0 cm³/mol. The zero-order chi connectivity index (χ0) is 10.4. The molecule has 0 heterocycles. The lowest BCUT2D eigenvalue weighted by Gasteiger charge is -2.26. The molecule has 0 aliphatic heterocycles. The molecular weight excluding hydrogens is 234 g/mol. The summed E-state index contributed by atoms with van der Waals surface area (Å²) in [5, 5.41) is 8.65. The number of nitrogens with zero attached hydrogens (tertiary/aromatic N) is 1. The quantitative estimate of drug-likeness (QED) is 0.784. The molecule has 0 aliphatic carbocycles. The molecule has 1 unspecified atom stereocenters. The third-order valence-corrected chi connectivity index (χ3v) is 2.18. The second-order valence-electron chi connectivity index (χ2n) is 3.07. The number of halogens is 1. The van der Waals surface area contributed by atoms with Gasteiger partial charge in [0.15, 0.2) is 0 Å². The fourth-order valence-electron chi connectivity index (χ4n) is 1.02.